The maximum absolute atomic E-state index is 10.9. The van der Waals surface area contributed by atoms with Crippen LogP contribution in [0.2, 0.25) is 0 Å². The normalized spacial score (nSPS) is 25.1. The number of amides is 1. The molecule has 59 heavy (non-hydrogen) atoms. The monoisotopic (exact) mass is 870 g/mol. The molecule has 0 aromatic heterocycles. The zero-order valence-electron chi connectivity index (χ0n) is 37.0. The number of hydrogen-bond acceptors (Lipinski definition) is 11. The molecule has 9 fully saturated rings. The minimum absolute atomic E-state index is 0.103. The van der Waals surface area contributed by atoms with E-state index in [4.69, 9.17) is 4.74 Å². The van der Waals surface area contributed by atoms with Crippen LogP contribution in [0.5, 0.6) is 0 Å². The molecule has 0 radical (unpaired) electrons. The first-order valence-electron chi connectivity index (χ1n) is 22.5. The molecule has 0 aliphatic carbocycles. The molecule has 9 aliphatic heterocycles. The lowest BCUT2D eigenvalue weighted by Gasteiger charge is -2.11. The van der Waals surface area contributed by atoms with Gasteiger partial charge in [-0.05, 0) is 144 Å². The summed E-state index contributed by atoms with van der Waals surface area (Å²) in [7, 11) is -3.34. The van der Waals surface area contributed by atoms with E-state index < -0.39 is 19.2 Å². The van der Waals surface area contributed by atoms with Gasteiger partial charge in [0.15, 0.2) is 0 Å². The summed E-state index contributed by atoms with van der Waals surface area (Å²) in [6.07, 6.45) is 20.1. The van der Waals surface area contributed by atoms with Crippen molar-refractivity contribution in [2.24, 2.45) is 0 Å². The molecule has 9 N–H and O–H groups in total. The number of hydrogen-bond donors (Lipinski definition) is 9. The van der Waals surface area contributed by atoms with Gasteiger partial charge in [0, 0.05) is 78.4 Å². The number of rotatable bonds is 0. The fourth-order valence-electron chi connectivity index (χ4n) is 6.31. The molecular formula is C44H87N9O4S2. The van der Waals surface area contributed by atoms with Crippen molar-refractivity contribution in [3.05, 3.63) is 49.2 Å². The molecule has 15 heteroatoms. The highest BCUT2D eigenvalue weighted by atomic mass is 32.2. The summed E-state index contributed by atoms with van der Waals surface area (Å²) in [5.74, 6) is 11.6. The Labute approximate surface area is 361 Å². The zero-order valence-corrected chi connectivity index (χ0v) is 38.7. The van der Waals surface area contributed by atoms with Crippen LogP contribution in [0.4, 0.5) is 0 Å². The molecule has 1 atom stereocenters. The highest BCUT2D eigenvalue weighted by Gasteiger charge is 2.10. The standard InChI is InChI=1S/C7H13N.C5H9N.2C5H11N.C5H10OS.C5H8O.C4H8N2O.C4H8N2.C4H9NOS/c1-7-3-2-5-8-6-4-7;1-5-3-2-4-6-5;2*1-2-4-6-5-3-1;1-7(6)4-2-3-5-7;1-5-3-2-4-6-5;7-4-3-5-1-2-6-4;1-4-5-2-3-6-4;1-7(6)4-2-3-5-7/h8H,1-6H2;6H,1-4H2;2*6H,1-5H2;1-5H2;1-4H2;5H,1-3H2,(H,6,7);5-6H,1-3H2;1-4H2,(H,5,6). The Morgan fingerprint density at radius 3 is 1.31 bits per heavy atom. The van der Waals surface area contributed by atoms with Gasteiger partial charge in [-0.15, -0.1) is 0 Å². The SMILES string of the molecule is C1CCNCC1.C1CCNCC1.C=C1CCCN1.C=C1CCCNCC1.C=C1CCCO1.C=C1NCCN1.C=S1(=O)CCCC1.C=S1(=O)CCCN1.O=C1CNCCN1. The minimum Gasteiger partial charge on any atom is -0.499 e. The second-order valence-corrected chi connectivity index (χ2v) is 20.9. The number of piperidine rings is 2. The molecule has 13 nitrogen and oxygen atoms in total. The van der Waals surface area contributed by atoms with Crippen molar-refractivity contribution in [1.29, 1.82) is 0 Å². The van der Waals surface area contributed by atoms with Crippen molar-refractivity contribution in [2.45, 2.75) is 103 Å². The molecule has 9 rings (SSSR count). The first kappa shape index (κ1) is 54.5. The molecule has 9 aliphatic rings. The number of carbonyl (C=O) groups is 1. The predicted molar refractivity (Wildman–Crippen MR) is 258 cm³/mol. The van der Waals surface area contributed by atoms with Gasteiger partial charge in [-0.1, -0.05) is 44.7 Å². The number of piperazine rings is 1. The summed E-state index contributed by atoms with van der Waals surface area (Å²) < 4.78 is 29.4. The lowest BCUT2D eigenvalue weighted by Crippen LogP contribution is -2.44. The Balaban J connectivity index is 0.000000332. The molecule has 9 saturated heterocycles. The molecule has 0 aromatic rings. The molecule has 1 unspecified atom stereocenters. The molecular weight excluding hydrogens is 783 g/mol. The Morgan fingerprint density at radius 1 is 0.475 bits per heavy atom. The van der Waals surface area contributed by atoms with Crippen molar-refractivity contribution >= 4 is 36.9 Å². The smallest absolute Gasteiger partial charge is 0.234 e. The van der Waals surface area contributed by atoms with E-state index in [0.717, 1.165) is 107 Å². The molecule has 9 heterocycles. The number of ether oxygens (including phenoxy) is 1. The van der Waals surface area contributed by atoms with Gasteiger partial charge in [-0.2, -0.15) is 0 Å². The van der Waals surface area contributed by atoms with Gasteiger partial charge in [-0.3, -0.25) is 13.2 Å². The van der Waals surface area contributed by atoms with Crippen LogP contribution in [0.25, 0.3) is 0 Å². The van der Waals surface area contributed by atoms with Gasteiger partial charge in [0.2, 0.25) is 5.91 Å². The first-order chi connectivity index (χ1) is 28.4. The zero-order chi connectivity index (χ0) is 43.3. The average Bonchev–Trinajstić information content (AvgIpc) is 4.12. The molecule has 0 aromatic carbocycles. The quantitative estimate of drug-likeness (QED) is 0.129. The van der Waals surface area contributed by atoms with Crippen LogP contribution in [0, 0.1) is 0 Å². The molecule has 344 valence electrons. The maximum atomic E-state index is 10.9. The molecule has 1 amide bonds. The summed E-state index contributed by atoms with van der Waals surface area (Å²) in [5, 5.41) is 24.6. The van der Waals surface area contributed by atoms with E-state index in [0.29, 0.717) is 6.54 Å². The maximum Gasteiger partial charge on any atom is 0.234 e. The topological polar surface area (TPSA) is 169 Å². The van der Waals surface area contributed by atoms with Gasteiger partial charge >= 0.3 is 0 Å². The van der Waals surface area contributed by atoms with Gasteiger partial charge < -0.3 is 47.3 Å². The van der Waals surface area contributed by atoms with E-state index in [1.54, 1.807) is 0 Å². The minimum atomic E-state index is -1.80. The van der Waals surface area contributed by atoms with Crippen molar-refractivity contribution in [3.8, 4) is 0 Å². The summed E-state index contributed by atoms with van der Waals surface area (Å²) in [6.45, 7) is 29.4. The highest BCUT2D eigenvalue weighted by Crippen LogP contribution is 2.12. The Bertz CT molecular complexity index is 1180. The second-order valence-electron chi connectivity index (χ2n) is 15.8. The fraction of sp³-hybridized carbons (Fsp3) is 0.750. The largest absolute Gasteiger partial charge is 0.499 e. The van der Waals surface area contributed by atoms with Crippen LogP contribution in [0.1, 0.15) is 103 Å². The lowest BCUT2D eigenvalue weighted by molar-refractivity contribution is -0.121. The fourth-order valence-corrected chi connectivity index (χ4v) is 9.24. The van der Waals surface area contributed by atoms with Gasteiger partial charge in [0.25, 0.3) is 0 Å². The third-order valence-corrected chi connectivity index (χ3v) is 13.6. The third-order valence-electron chi connectivity index (χ3n) is 9.90. The van der Waals surface area contributed by atoms with E-state index in [2.05, 4.69) is 85.3 Å². The van der Waals surface area contributed by atoms with Gasteiger partial charge in [0.1, 0.15) is 0 Å². The van der Waals surface area contributed by atoms with Crippen molar-refractivity contribution in [2.75, 3.05) is 109 Å². The second kappa shape index (κ2) is 36.2. The summed E-state index contributed by atoms with van der Waals surface area (Å²) in [4.78, 5) is 10.3. The van der Waals surface area contributed by atoms with E-state index in [9.17, 15) is 13.2 Å². The third kappa shape index (κ3) is 37.0. The summed E-state index contributed by atoms with van der Waals surface area (Å²) in [5.41, 5.74) is 2.62. The average molecular weight is 870 g/mol. The van der Waals surface area contributed by atoms with Crippen LogP contribution in [-0.4, -0.2) is 135 Å². The molecule has 0 spiro atoms. The first-order valence-corrected chi connectivity index (χ1v) is 26.4. The Hall–Kier alpha value is -2.53. The Kier molecular flexibility index (Phi) is 33.4. The van der Waals surface area contributed by atoms with E-state index in [1.807, 2.05) is 0 Å². The van der Waals surface area contributed by atoms with Crippen molar-refractivity contribution in [3.63, 3.8) is 0 Å². The predicted octanol–water partition coefficient (Wildman–Crippen LogP) is 3.49. The van der Waals surface area contributed by atoms with Crippen LogP contribution in [0.15, 0.2) is 49.2 Å². The molecule has 0 saturated carbocycles. The van der Waals surface area contributed by atoms with E-state index in [-0.39, 0.29) is 5.91 Å². The van der Waals surface area contributed by atoms with Crippen LogP contribution < -0.4 is 47.3 Å². The lowest BCUT2D eigenvalue weighted by atomic mass is 10.1. The van der Waals surface area contributed by atoms with Crippen molar-refractivity contribution < 1.29 is 17.9 Å². The van der Waals surface area contributed by atoms with Crippen LogP contribution >= 0.6 is 0 Å². The summed E-state index contributed by atoms with van der Waals surface area (Å²) in [6, 6.07) is 0. The van der Waals surface area contributed by atoms with Crippen molar-refractivity contribution in [1.82, 2.24) is 47.3 Å². The van der Waals surface area contributed by atoms with E-state index in [1.165, 1.54) is 121 Å². The molecule has 0 bridgehead atoms. The number of allylic oxidation sites excluding steroid dienone is 2. The van der Waals surface area contributed by atoms with Gasteiger partial charge in [-0.25, -0.2) is 4.72 Å². The van der Waals surface area contributed by atoms with Crippen LogP contribution in [0.3, 0.4) is 0 Å². The number of nitrogens with one attached hydrogen (secondary N) is 9. The highest BCUT2D eigenvalue weighted by molar-refractivity contribution is 8.00. The van der Waals surface area contributed by atoms with E-state index >= 15 is 0 Å². The Morgan fingerprint density at radius 2 is 1.05 bits per heavy atom. The summed E-state index contributed by atoms with van der Waals surface area (Å²) >= 11 is 0. The van der Waals surface area contributed by atoms with Crippen LogP contribution in [-0.2, 0) is 28.8 Å². The van der Waals surface area contributed by atoms with Gasteiger partial charge in [0.05, 0.1) is 24.7 Å². The number of carbonyl (C=O) groups excluding carboxylic acids is 1.